The van der Waals surface area contributed by atoms with Gasteiger partial charge in [-0.1, -0.05) is 24.3 Å². The average Bonchev–Trinajstić information content (AvgIpc) is 2.48. The number of hydrogen-bond acceptors (Lipinski definition) is 2. The van der Waals surface area contributed by atoms with Crippen LogP contribution >= 0.6 is 11.6 Å². The van der Waals surface area contributed by atoms with Crippen LogP contribution in [0.3, 0.4) is 0 Å². The van der Waals surface area contributed by atoms with E-state index in [1.54, 1.807) is 37.4 Å². The largest absolute Gasteiger partial charge is 0.386 e. The van der Waals surface area contributed by atoms with E-state index in [1.807, 2.05) is 0 Å². The van der Waals surface area contributed by atoms with Crippen LogP contribution in [0.2, 0.25) is 0 Å². The van der Waals surface area contributed by atoms with E-state index in [2.05, 4.69) is 5.32 Å². The van der Waals surface area contributed by atoms with Crippen molar-refractivity contribution in [2.24, 2.45) is 0 Å². The zero-order valence-electron chi connectivity index (χ0n) is 11.6. The second kappa shape index (κ2) is 8.21. The van der Waals surface area contributed by atoms with Gasteiger partial charge in [-0.05, 0) is 35.9 Å². The van der Waals surface area contributed by atoms with Crippen LogP contribution in [0.25, 0.3) is 0 Å². The molecule has 0 atom stereocenters. The number of anilines is 2. The molecule has 6 heteroatoms. The summed E-state index contributed by atoms with van der Waals surface area (Å²) in [6, 6.07) is 12.5. The molecule has 112 valence electrons. The number of hydrogen-bond donors (Lipinski definition) is 1. The van der Waals surface area contributed by atoms with Crippen molar-refractivity contribution in [1.82, 2.24) is 0 Å². The van der Waals surface area contributed by atoms with Crippen molar-refractivity contribution >= 4 is 28.3 Å². The molecule has 21 heavy (non-hydrogen) atoms. The van der Waals surface area contributed by atoms with E-state index in [0.29, 0.717) is 5.69 Å². The van der Waals surface area contributed by atoms with E-state index in [4.69, 9.17) is 11.6 Å². The van der Waals surface area contributed by atoms with Crippen LogP contribution in [-0.2, 0) is 0 Å². The molecule has 2 aromatic rings. The fraction of sp³-hybridized carbons (Fsp3) is 0.133. The molecule has 0 aliphatic heterocycles. The molecule has 0 bridgehead atoms. The number of nitrogens with zero attached hydrogens (tertiary/aromatic N) is 1. The predicted octanol–water partition coefficient (Wildman–Crippen LogP) is 4.49. The second-order valence-electron chi connectivity index (χ2n) is 3.99. The molecular formula is C15H15ClF2N2O. The Morgan fingerprint density at radius 3 is 2.00 bits per heavy atom. The van der Waals surface area contributed by atoms with Crippen LogP contribution in [0, 0.1) is 11.6 Å². The number of amides is 1. The molecule has 0 radical (unpaired) electrons. The zero-order valence-corrected chi connectivity index (χ0v) is 12.4. The van der Waals surface area contributed by atoms with Crippen molar-refractivity contribution < 1.29 is 13.6 Å². The maximum atomic E-state index is 12.9. The summed E-state index contributed by atoms with van der Waals surface area (Å²) in [5.74, 6) is -0.672. The minimum atomic E-state index is -0.708. The lowest BCUT2D eigenvalue weighted by Gasteiger charge is -2.13. The number of carbonyl (C=O) groups is 1. The summed E-state index contributed by atoms with van der Waals surface area (Å²) in [7, 11) is 3.10. The number of benzene rings is 2. The van der Waals surface area contributed by atoms with Crippen LogP contribution in [0.1, 0.15) is 0 Å². The second-order valence-corrected chi connectivity index (χ2v) is 4.32. The Bertz CT molecular complexity index is 608. The van der Waals surface area contributed by atoms with Gasteiger partial charge in [0.15, 0.2) is 0 Å². The highest BCUT2D eigenvalue weighted by atomic mass is 35.5. The highest BCUT2D eigenvalue weighted by Crippen LogP contribution is 2.17. The molecule has 0 aromatic heterocycles. The summed E-state index contributed by atoms with van der Waals surface area (Å²) in [6.45, 7) is 0. The summed E-state index contributed by atoms with van der Waals surface area (Å²) in [5, 5.41) is 2.01. The summed E-state index contributed by atoms with van der Waals surface area (Å²) >= 11 is 5.16. The van der Waals surface area contributed by atoms with Crippen LogP contribution in [0.4, 0.5) is 25.0 Å². The van der Waals surface area contributed by atoms with Crippen LogP contribution < -0.4 is 10.2 Å². The monoisotopic (exact) mass is 312 g/mol. The molecule has 3 nitrogen and oxygen atoms in total. The third kappa shape index (κ3) is 5.04. The highest BCUT2D eigenvalue weighted by molar-refractivity contribution is 6.66. The maximum Gasteiger partial charge on any atom is 0.320 e. The molecular weight excluding hydrogens is 298 g/mol. The van der Waals surface area contributed by atoms with Gasteiger partial charge in [-0.3, -0.25) is 9.69 Å². The summed E-state index contributed by atoms with van der Waals surface area (Å²) in [4.78, 5) is 11.7. The lowest BCUT2D eigenvalue weighted by molar-refractivity contribution is 0.265. The Balaban J connectivity index is 0.000000219. The number of carbonyl (C=O) groups excluding carboxylic acids is 1. The van der Waals surface area contributed by atoms with E-state index in [9.17, 15) is 13.6 Å². The molecule has 2 rings (SSSR count). The number of para-hydroxylation sites is 2. The van der Waals surface area contributed by atoms with E-state index in [1.165, 1.54) is 25.2 Å². The van der Waals surface area contributed by atoms with Gasteiger partial charge >= 0.3 is 5.37 Å². The van der Waals surface area contributed by atoms with Crippen LogP contribution in [0.5, 0.6) is 0 Å². The van der Waals surface area contributed by atoms with Crippen molar-refractivity contribution in [3.63, 3.8) is 0 Å². The van der Waals surface area contributed by atoms with Gasteiger partial charge in [0.05, 0.1) is 11.4 Å². The quantitative estimate of drug-likeness (QED) is 0.654. The Morgan fingerprint density at radius 1 is 1.05 bits per heavy atom. The molecule has 0 saturated heterocycles. The predicted molar refractivity (Wildman–Crippen MR) is 82.0 cm³/mol. The number of halogens is 3. The van der Waals surface area contributed by atoms with E-state index in [-0.39, 0.29) is 11.5 Å². The highest BCUT2D eigenvalue weighted by Gasteiger charge is 2.10. The van der Waals surface area contributed by atoms with E-state index >= 15 is 0 Å². The van der Waals surface area contributed by atoms with Crippen LogP contribution in [-0.4, -0.2) is 19.5 Å². The van der Waals surface area contributed by atoms with E-state index in [0.717, 1.165) is 4.90 Å². The smallest absolute Gasteiger partial charge is 0.320 e. The van der Waals surface area contributed by atoms with E-state index < -0.39 is 11.2 Å². The van der Waals surface area contributed by atoms with Crippen molar-refractivity contribution in [2.45, 2.75) is 0 Å². The number of nitrogens with one attached hydrogen (secondary N) is 1. The van der Waals surface area contributed by atoms with Crippen molar-refractivity contribution in [3.8, 4) is 0 Å². The maximum absolute atomic E-state index is 12.9. The summed E-state index contributed by atoms with van der Waals surface area (Å²) in [6.07, 6.45) is 0. The van der Waals surface area contributed by atoms with Crippen molar-refractivity contribution in [2.75, 3.05) is 24.3 Å². The Kier molecular flexibility index (Phi) is 6.62. The van der Waals surface area contributed by atoms with Gasteiger partial charge in [0.25, 0.3) is 0 Å². The zero-order chi connectivity index (χ0) is 15.8. The first-order chi connectivity index (χ1) is 9.97. The molecule has 0 aliphatic rings. The van der Waals surface area contributed by atoms with Gasteiger partial charge < -0.3 is 5.32 Å². The molecule has 0 fully saturated rings. The number of rotatable bonds is 2. The fourth-order valence-corrected chi connectivity index (χ4v) is 1.57. The third-order valence-corrected chi connectivity index (χ3v) is 2.87. The fourth-order valence-electron chi connectivity index (χ4n) is 1.48. The summed E-state index contributed by atoms with van der Waals surface area (Å²) < 4.78 is 25.5. The van der Waals surface area contributed by atoms with Gasteiger partial charge in [-0.15, -0.1) is 0 Å². The molecule has 1 N–H and O–H groups in total. The topological polar surface area (TPSA) is 32.3 Å². The van der Waals surface area contributed by atoms with Crippen LogP contribution in [0.15, 0.2) is 48.5 Å². The molecule has 1 amide bonds. The lowest BCUT2D eigenvalue weighted by atomic mass is 10.3. The summed E-state index contributed by atoms with van der Waals surface area (Å²) in [5.41, 5.74) is 0.718. The first-order valence-corrected chi connectivity index (χ1v) is 6.45. The van der Waals surface area contributed by atoms with Gasteiger partial charge in [0.2, 0.25) is 0 Å². The third-order valence-electron chi connectivity index (χ3n) is 2.62. The minimum absolute atomic E-state index is 0.178. The van der Waals surface area contributed by atoms with Gasteiger partial charge in [0, 0.05) is 14.1 Å². The molecule has 0 spiro atoms. The first kappa shape index (κ1) is 16.9. The molecule has 0 unspecified atom stereocenters. The van der Waals surface area contributed by atoms with Gasteiger partial charge in [-0.25, -0.2) is 8.78 Å². The Labute approximate surface area is 127 Å². The normalized spacial score (nSPS) is 9.38. The Hall–Kier alpha value is -2.14. The molecule has 0 aliphatic carbocycles. The first-order valence-electron chi connectivity index (χ1n) is 6.07. The average molecular weight is 313 g/mol. The molecule has 2 aromatic carbocycles. The minimum Gasteiger partial charge on any atom is -0.386 e. The Morgan fingerprint density at radius 2 is 1.57 bits per heavy atom. The standard InChI is InChI=1S/C8H7ClFNO.C7H8FN/c1-11(8(9)12)7-5-3-2-4-6(7)10;1-9-7-5-3-2-4-6(7)8/h2-5H,1H3;2-5,9H,1H3. The van der Waals surface area contributed by atoms with Gasteiger partial charge in [-0.2, -0.15) is 0 Å². The lowest BCUT2D eigenvalue weighted by Crippen LogP contribution is -2.20. The molecule has 0 saturated carbocycles. The van der Waals surface area contributed by atoms with Gasteiger partial charge in [0.1, 0.15) is 11.6 Å². The SMILES string of the molecule is CN(C(=O)Cl)c1ccccc1F.CNc1ccccc1F. The van der Waals surface area contributed by atoms with Crippen molar-refractivity contribution in [3.05, 3.63) is 60.2 Å². The van der Waals surface area contributed by atoms with Crippen molar-refractivity contribution in [1.29, 1.82) is 0 Å². The molecule has 0 heterocycles.